The fraction of sp³-hybridized carbons (Fsp3) is 0.154. The molecule has 1 N–H and O–H groups in total. The first-order valence-electron chi connectivity index (χ1n) is 5.75. The predicted molar refractivity (Wildman–Crippen MR) is 72.7 cm³/mol. The molecule has 1 aromatic carbocycles. The SMILES string of the molecule is Cc1ccc(C)c(Oc2nc(Cl)nc3nc[nH]c23)c1. The topological polar surface area (TPSA) is 63.7 Å². The first-order valence-corrected chi connectivity index (χ1v) is 6.13. The number of aryl methyl sites for hydroxylation is 2. The van der Waals surface area contributed by atoms with E-state index in [1.54, 1.807) is 0 Å². The lowest BCUT2D eigenvalue weighted by Crippen LogP contribution is -1.94. The van der Waals surface area contributed by atoms with E-state index in [-0.39, 0.29) is 5.28 Å². The number of nitrogens with one attached hydrogen (secondary N) is 1. The van der Waals surface area contributed by atoms with Crippen molar-refractivity contribution in [1.82, 2.24) is 19.9 Å². The van der Waals surface area contributed by atoms with E-state index in [1.807, 2.05) is 32.0 Å². The van der Waals surface area contributed by atoms with Crippen molar-refractivity contribution in [2.24, 2.45) is 0 Å². The van der Waals surface area contributed by atoms with E-state index in [9.17, 15) is 0 Å². The number of hydrogen-bond acceptors (Lipinski definition) is 4. The molecular weight excluding hydrogens is 264 g/mol. The van der Waals surface area contributed by atoms with Gasteiger partial charge in [-0.25, -0.2) is 4.98 Å². The predicted octanol–water partition coefficient (Wildman–Crippen LogP) is 3.42. The van der Waals surface area contributed by atoms with Crippen LogP contribution in [-0.2, 0) is 0 Å². The van der Waals surface area contributed by atoms with Crippen molar-refractivity contribution < 1.29 is 4.74 Å². The van der Waals surface area contributed by atoms with Gasteiger partial charge >= 0.3 is 0 Å². The number of halogens is 1. The van der Waals surface area contributed by atoms with Crippen molar-refractivity contribution in [3.63, 3.8) is 0 Å². The molecule has 5 nitrogen and oxygen atoms in total. The number of benzene rings is 1. The summed E-state index contributed by atoms with van der Waals surface area (Å²) in [6.45, 7) is 3.98. The Hall–Kier alpha value is -2.14. The van der Waals surface area contributed by atoms with Gasteiger partial charge < -0.3 is 9.72 Å². The monoisotopic (exact) mass is 274 g/mol. The highest BCUT2D eigenvalue weighted by atomic mass is 35.5. The van der Waals surface area contributed by atoms with Gasteiger partial charge in [-0.15, -0.1) is 0 Å². The number of imidazole rings is 1. The molecule has 0 saturated carbocycles. The molecule has 0 fully saturated rings. The van der Waals surface area contributed by atoms with Crippen LogP contribution in [0.2, 0.25) is 5.28 Å². The summed E-state index contributed by atoms with van der Waals surface area (Å²) in [5, 5.41) is 0.111. The van der Waals surface area contributed by atoms with Crippen molar-refractivity contribution in [3.8, 4) is 11.6 Å². The van der Waals surface area contributed by atoms with E-state index in [4.69, 9.17) is 16.3 Å². The smallest absolute Gasteiger partial charge is 0.250 e. The van der Waals surface area contributed by atoms with Crippen LogP contribution in [0.3, 0.4) is 0 Å². The number of nitrogens with zero attached hydrogens (tertiary/aromatic N) is 3. The van der Waals surface area contributed by atoms with Gasteiger partial charge in [-0.05, 0) is 42.6 Å². The fourth-order valence-corrected chi connectivity index (χ4v) is 1.93. The number of hydrogen-bond donors (Lipinski definition) is 1. The standard InChI is InChI=1S/C13H11ClN4O/c1-7-3-4-8(2)9(5-7)19-12-10-11(16-6-15-10)17-13(14)18-12/h3-6H,1-2H3,(H,15,16,17,18). The van der Waals surface area contributed by atoms with Crippen LogP contribution >= 0.6 is 11.6 Å². The quantitative estimate of drug-likeness (QED) is 0.727. The van der Waals surface area contributed by atoms with Gasteiger partial charge in [-0.3, -0.25) is 0 Å². The highest BCUT2D eigenvalue weighted by Crippen LogP contribution is 2.29. The number of aromatic amines is 1. The van der Waals surface area contributed by atoms with Gasteiger partial charge in [0.05, 0.1) is 6.33 Å². The summed E-state index contributed by atoms with van der Waals surface area (Å²) >= 11 is 5.86. The number of aromatic nitrogens is 4. The number of H-pyrrole nitrogens is 1. The maximum Gasteiger partial charge on any atom is 0.250 e. The van der Waals surface area contributed by atoms with E-state index in [2.05, 4.69) is 19.9 Å². The molecule has 0 aliphatic carbocycles. The second-order valence-corrected chi connectivity index (χ2v) is 4.61. The molecule has 3 aromatic rings. The van der Waals surface area contributed by atoms with Gasteiger partial charge in [0.25, 0.3) is 0 Å². The molecule has 19 heavy (non-hydrogen) atoms. The van der Waals surface area contributed by atoms with Crippen LogP contribution in [0.15, 0.2) is 24.5 Å². The summed E-state index contributed by atoms with van der Waals surface area (Å²) in [4.78, 5) is 15.1. The first kappa shape index (κ1) is 11.9. The molecular formula is C13H11ClN4O. The Morgan fingerprint density at radius 1 is 1.21 bits per heavy atom. The number of rotatable bonds is 2. The lowest BCUT2D eigenvalue weighted by molar-refractivity contribution is 0.463. The summed E-state index contributed by atoms with van der Waals surface area (Å²) < 4.78 is 5.84. The minimum absolute atomic E-state index is 0.111. The Bertz CT molecular complexity index is 753. The van der Waals surface area contributed by atoms with Crippen molar-refractivity contribution in [2.75, 3.05) is 0 Å². The largest absolute Gasteiger partial charge is 0.437 e. The molecule has 0 radical (unpaired) electrons. The van der Waals surface area contributed by atoms with Crippen LogP contribution in [0.25, 0.3) is 11.2 Å². The van der Waals surface area contributed by atoms with Crippen LogP contribution in [-0.4, -0.2) is 19.9 Å². The third kappa shape index (κ3) is 2.24. The molecule has 0 atom stereocenters. The fourth-order valence-electron chi connectivity index (χ4n) is 1.78. The Labute approximate surface area is 114 Å². The Morgan fingerprint density at radius 3 is 2.89 bits per heavy atom. The summed E-state index contributed by atoms with van der Waals surface area (Å²) in [7, 11) is 0. The van der Waals surface area contributed by atoms with Crippen LogP contribution in [0.5, 0.6) is 11.6 Å². The molecule has 0 amide bonds. The second kappa shape index (κ2) is 4.51. The number of ether oxygens (including phenoxy) is 1. The van der Waals surface area contributed by atoms with Gasteiger partial charge in [0, 0.05) is 0 Å². The molecule has 0 unspecified atom stereocenters. The molecule has 0 bridgehead atoms. The summed E-state index contributed by atoms with van der Waals surface area (Å²) in [5.41, 5.74) is 3.25. The zero-order chi connectivity index (χ0) is 13.4. The van der Waals surface area contributed by atoms with E-state index in [0.29, 0.717) is 17.0 Å². The molecule has 0 aliphatic heterocycles. The minimum Gasteiger partial charge on any atom is -0.437 e. The zero-order valence-electron chi connectivity index (χ0n) is 10.4. The van der Waals surface area contributed by atoms with Crippen LogP contribution in [0, 0.1) is 13.8 Å². The Kier molecular flexibility index (Phi) is 2.83. The van der Waals surface area contributed by atoms with Crippen molar-refractivity contribution in [1.29, 1.82) is 0 Å². The molecule has 6 heteroatoms. The molecule has 96 valence electrons. The van der Waals surface area contributed by atoms with E-state index < -0.39 is 0 Å². The average molecular weight is 275 g/mol. The van der Waals surface area contributed by atoms with Crippen LogP contribution < -0.4 is 4.74 Å². The highest BCUT2D eigenvalue weighted by molar-refractivity contribution is 6.28. The number of fused-ring (bicyclic) bond motifs is 1. The first-order chi connectivity index (χ1) is 9.13. The van der Waals surface area contributed by atoms with Crippen molar-refractivity contribution in [3.05, 3.63) is 40.9 Å². The molecule has 2 aromatic heterocycles. The average Bonchev–Trinajstić information content (AvgIpc) is 2.82. The maximum atomic E-state index is 5.86. The van der Waals surface area contributed by atoms with E-state index in [0.717, 1.165) is 16.9 Å². The minimum atomic E-state index is 0.111. The Balaban J connectivity index is 2.10. The third-order valence-corrected chi connectivity index (χ3v) is 2.94. The molecule has 2 heterocycles. The maximum absolute atomic E-state index is 5.86. The lowest BCUT2D eigenvalue weighted by atomic mass is 10.1. The van der Waals surface area contributed by atoms with Gasteiger partial charge in [-0.2, -0.15) is 9.97 Å². The molecule has 0 aliphatic rings. The van der Waals surface area contributed by atoms with E-state index >= 15 is 0 Å². The van der Waals surface area contributed by atoms with Crippen molar-refractivity contribution in [2.45, 2.75) is 13.8 Å². The molecule has 3 rings (SSSR count). The third-order valence-electron chi connectivity index (χ3n) is 2.78. The summed E-state index contributed by atoms with van der Waals surface area (Å²) in [5.74, 6) is 1.12. The lowest BCUT2D eigenvalue weighted by Gasteiger charge is -2.09. The summed E-state index contributed by atoms with van der Waals surface area (Å²) in [6.07, 6.45) is 1.53. The van der Waals surface area contributed by atoms with Gasteiger partial charge in [0.2, 0.25) is 11.2 Å². The molecule has 0 spiro atoms. The van der Waals surface area contributed by atoms with Crippen molar-refractivity contribution >= 4 is 22.8 Å². The normalized spacial score (nSPS) is 10.9. The van der Waals surface area contributed by atoms with E-state index in [1.165, 1.54) is 6.33 Å². The summed E-state index contributed by atoms with van der Waals surface area (Å²) in [6, 6.07) is 5.98. The van der Waals surface area contributed by atoms with Gasteiger partial charge in [-0.1, -0.05) is 12.1 Å². The van der Waals surface area contributed by atoms with Crippen LogP contribution in [0.4, 0.5) is 0 Å². The highest BCUT2D eigenvalue weighted by Gasteiger charge is 2.12. The zero-order valence-corrected chi connectivity index (χ0v) is 11.2. The van der Waals surface area contributed by atoms with Gasteiger partial charge in [0.15, 0.2) is 5.65 Å². The van der Waals surface area contributed by atoms with Crippen LogP contribution in [0.1, 0.15) is 11.1 Å². The van der Waals surface area contributed by atoms with Gasteiger partial charge in [0.1, 0.15) is 11.3 Å². The second-order valence-electron chi connectivity index (χ2n) is 4.27. The Morgan fingerprint density at radius 2 is 2.05 bits per heavy atom. The molecule has 0 saturated heterocycles.